The van der Waals surface area contributed by atoms with Crippen LogP contribution in [0.3, 0.4) is 0 Å². The van der Waals surface area contributed by atoms with Gasteiger partial charge in [0.25, 0.3) is 0 Å². The summed E-state index contributed by atoms with van der Waals surface area (Å²) in [6, 6.07) is 3.54. The summed E-state index contributed by atoms with van der Waals surface area (Å²) in [7, 11) is -3.87. The third-order valence-corrected chi connectivity index (χ3v) is 4.93. The maximum absolute atomic E-state index is 14.0. The normalized spacial score (nSPS) is 12.6. The van der Waals surface area contributed by atoms with Crippen molar-refractivity contribution in [1.29, 1.82) is 0 Å². The minimum Gasteiger partial charge on any atom is -0.320 e. The lowest BCUT2D eigenvalue weighted by atomic mass is 10.2. The maximum atomic E-state index is 14.0. The van der Waals surface area contributed by atoms with Gasteiger partial charge in [0.2, 0.25) is 10.0 Å². The second-order valence-electron chi connectivity index (χ2n) is 4.45. The molecule has 0 aliphatic rings. The number of sulfonamides is 1. The van der Waals surface area contributed by atoms with Crippen molar-refractivity contribution >= 4 is 21.8 Å². The minimum atomic E-state index is -3.87. The van der Waals surface area contributed by atoms with Crippen LogP contribution in [0.15, 0.2) is 23.1 Å². The van der Waals surface area contributed by atoms with Crippen molar-refractivity contribution in [3.63, 3.8) is 0 Å². The van der Waals surface area contributed by atoms with Crippen LogP contribution in [0.4, 0.5) is 4.39 Å². The number of nitrogens with two attached hydrogens (primary N) is 1. The molecule has 1 aromatic rings. The molecule has 0 fully saturated rings. The molecule has 1 rings (SSSR count). The molecule has 0 amide bonds. The monoisotopic (exact) mass is 330 g/mol. The first-order valence-electron chi connectivity index (χ1n) is 6.40. The molecule has 21 heavy (non-hydrogen) atoms. The Labute approximate surface area is 129 Å². The summed E-state index contributed by atoms with van der Waals surface area (Å²) in [6.45, 7) is 1.92. The molecule has 7 heteroatoms. The molecular formula is C14H19FN2O2S2. The van der Waals surface area contributed by atoms with Gasteiger partial charge in [0.1, 0.15) is 10.7 Å². The Hall–Kier alpha value is -1.07. The van der Waals surface area contributed by atoms with Crippen LogP contribution in [-0.4, -0.2) is 33.0 Å². The summed E-state index contributed by atoms with van der Waals surface area (Å²) in [5, 5.41) is 0. The van der Waals surface area contributed by atoms with Crippen molar-refractivity contribution < 1.29 is 12.8 Å². The van der Waals surface area contributed by atoms with Crippen molar-refractivity contribution in [2.45, 2.75) is 24.3 Å². The Morgan fingerprint density at radius 3 is 2.76 bits per heavy atom. The van der Waals surface area contributed by atoms with Crippen molar-refractivity contribution in [2.75, 3.05) is 18.6 Å². The van der Waals surface area contributed by atoms with E-state index in [1.54, 1.807) is 18.7 Å². The lowest BCUT2D eigenvalue weighted by Crippen LogP contribution is -2.33. The number of hydrogen-bond donors (Lipinski definition) is 2. The van der Waals surface area contributed by atoms with Gasteiger partial charge in [0.15, 0.2) is 0 Å². The van der Waals surface area contributed by atoms with E-state index in [0.29, 0.717) is 12.0 Å². The number of hydrogen-bond acceptors (Lipinski definition) is 4. The zero-order valence-corrected chi connectivity index (χ0v) is 13.7. The van der Waals surface area contributed by atoms with Gasteiger partial charge in [-0.05, 0) is 43.6 Å². The molecule has 116 valence electrons. The third-order valence-electron chi connectivity index (χ3n) is 2.67. The second-order valence-corrected chi connectivity index (χ2v) is 7.12. The second kappa shape index (κ2) is 8.39. The fourth-order valence-corrected chi connectivity index (χ4v) is 3.56. The van der Waals surface area contributed by atoms with Gasteiger partial charge in [-0.1, -0.05) is 11.8 Å². The average molecular weight is 330 g/mol. The molecule has 0 radical (unpaired) electrons. The van der Waals surface area contributed by atoms with Gasteiger partial charge in [-0.2, -0.15) is 11.8 Å². The highest BCUT2D eigenvalue weighted by Gasteiger charge is 2.21. The molecule has 0 aliphatic heterocycles. The van der Waals surface area contributed by atoms with Gasteiger partial charge in [-0.15, -0.1) is 0 Å². The fourth-order valence-electron chi connectivity index (χ4n) is 1.63. The van der Waals surface area contributed by atoms with Gasteiger partial charge in [-0.25, -0.2) is 17.5 Å². The first-order valence-corrected chi connectivity index (χ1v) is 9.28. The van der Waals surface area contributed by atoms with E-state index in [4.69, 9.17) is 5.73 Å². The van der Waals surface area contributed by atoms with Gasteiger partial charge < -0.3 is 5.73 Å². The largest absolute Gasteiger partial charge is 0.320 e. The highest BCUT2D eigenvalue weighted by atomic mass is 32.2. The molecule has 0 saturated carbocycles. The minimum absolute atomic E-state index is 0.163. The Morgan fingerprint density at radius 2 is 2.19 bits per heavy atom. The standard InChI is InChI=1S/C14H19FN2O2S2/c1-11(7-9-20-2)17-21(18,19)14-6-5-12(4-3-8-16)10-13(14)15/h5-6,10-11,17H,7-9,16H2,1-2H3. The van der Waals surface area contributed by atoms with Gasteiger partial charge in [0.05, 0.1) is 6.54 Å². The summed E-state index contributed by atoms with van der Waals surface area (Å²) in [6.07, 6.45) is 2.63. The molecule has 0 saturated heterocycles. The van der Waals surface area contributed by atoms with E-state index in [1.807, 2.05) is 6.26 Å². The molecule has 1 atom stereocenters. The molecule has 3 N–H and O–H groups in total. The Kier molecular flexibility index (Phi) is 7.18. The number of halogens is 1. The summed E-state index contributed by atoms with van der Waals surface area (Å²) in [5.41, 5.74) is 5.63. The van der Waals surface area contributed by atoms with E-state index in [0.717, 1.165) is 11.8 Å². The molecule has 0 heterocycles. The van der Waals surface area contributed by atoms with E-state index < -0.39 is 15.8 Å². The van der Waals surface area contributed by atoms with Crippen LogP contribution in [-0.2, 0) is 10.0 Å². The zero-order valence-electron chi connectivity index (χ0n) is 12.0. The molecule has 0 spiro atoms. The molecular weight excluding hydrogens is 311 g/mol. The van der Waals surface area contributed by atoms with Gasteiger partial charge >= 0.3 is 0 Å². The number of rotatable bonds is 6. The van der Waals surface area contributed by atoms with E-state index in [-0.39, 0.29) is 17.5 Å². The number of benzene rings is 1. The van der Waals surface area contributed by atoms with E-state index in [1.165, 1.54) is 12.1 Å². The molecule has 1 aromatic carbocycles. The summed E-state index contributed by atoms with van der Waals surface area (Å²) in [5.74, 6) is 5.27. The van der Waals surface area contributed by atoms with Crippen LogP contribution < -0.4 is 10.5 Å². The van der Waals surface area contributed by atoms with E-state index in [9.17, 15) is 12.8 Å². The van der Waals surface area contributed by atoms with Crippen molar-refractivity contribution in [2.24, 2.45) is 5.73 Å². The third kappa shape index (κ3) is 5.67. The number of thioether (sulfide) groups is 1. The van der Waals surface area contributed by atoms with Crippen LogP contribution in [0.5, 0.6) is 0 Å². The van der Waals surface area contributed by atoms with E-state index >= 15 is 0 Å². The van der Waals surface area contributed by atoms with Crippen LogP contribution in [0.1, 0.15) is 18.9 Å². The van der Waals surface area contributed by atoms with Gasteiger partial charge in [-0.3, -0.25) is 0 Å². The molecule has 1 unspecified atom stereocenters. The summed E-state index contributed by atoms with van der Waals surface area (Å²) in [4.78, 5) is -0.364. The van der Waals surface area contributed by atoms with Crippen molar-refractivity contribution in [1.82, 2.24) is 4.72 Å². The highest BCUT2D eigenvalue weighted by molar-refractivity contribution is 7.98. The summed E-state index contributed by atoms with van der Waals surface area (Å²) < 4.78 is 40.7. The number of nitrogens with one attached hydrogen (secondary N) is 1. The quantitative estimate of drug-likeness (QED) is 0.777. The lowest BCUT2D eigenvalue weighted by Gasteiger charge is -2.14. The molecule has 4 nitrogen and oxygen atoms in total. The first-order chi connectivity index (χ1) is 9.90. The average Bonchev–Trinajstić information content (AvgIpc) is 2.42. The first kappa shape index (κ1) is 18.0. The predicted octanol–water partition coefficient (Wildman–Crippen LogP) is 1.56. The SMILES string of the molecule is CSCCC(C)NS(=O)(=O)c1ccc(C#CCN)cc1F. The van der Waals surface area contributed by atoms with Crippen molar-refractivity contribution in [3.8, 4) is 11.8 Å². The van der Waals surface area contributed by atoms with E-state index in [2.05, 4.69) is 16.6 Å². The fraction of sp³-hybridized carbons (Fsp3) is 0.429. The Bertz CT molecular complexity index is 636. The summed E-state index contributed by atoms with van der Waals surface area (Å²) >= 11 is 1.63. The molecule has 0 bridgehead atoms. The smallest absolute Gasteiger partial charge is 0.243 e. The van der Waals surface area contributed by atoms with Crippen LogP contribution in [0.25, 0.3) is 0 Å². The maximum Gasteiger partial charge on any atom is 0.243 e. The molecule has 0 aromatic heterocycles. The van der Waals surface area contributed by atoms with Crippen LogP contribution >= 0.6 is 11.8 Å². The van der Waals surface area contributed by atoms with Crippen LogP contribution in [0, 0.1) is 17.7 Å². The van der Waals surface area contributed by atoms with Crippen molar-refractivity contribution in [3.05, 3.63) is 29.6 Å². The predicted molar refractivity (Wildman–Crippen MR) is 85.1 cm³/mol. The van der Waals surface area contributed by atoms with Gasteiger partial charge in [0, 0.05) is 11.6 Å². The highest BCUT2D eigenvalue weighted by Crippen LogP contribution is 2.16. The Balaban J connectivity index is 2.93. The lowest BCUT2D eigenvalue weighted by molar-refractivity contribution is 0.540. The van der Waals surface area contributed by atoms with Crippen LogP contribution in [0.2, 0.25) is 0 Å². The zero-order chi connectivity index (χ0) is 15.9. The Morgan fingerprint density at radius 1 is 1.48 bits per heavy atom. The topological polar surface area (TPSA) is 72.2 Å². The molecule has 0 aliphatic carbocycles.